The van der Waals surface area contributed by atoms with Gasteiger partial charge in [-0.15, -0.1) is 0 Å². The zero-order valence-electron chi connectivity index (χ0n) is 9.71. The molecule has 2 aromatic rings. The number of rotatable bonds is 5. The maximum absolute atomic E-state index is 4.06. The van der Waals surface area contributed by atoms with Crippen LogP contribution in [0.2, 0.25) is 0 Å². The van der Waals surface area contributed by atoms with E-state index in [1.807, 2.05) is 24.4 Å². The molecule has 17 heavy (non-hydrogen) atoms. The maximum atomic E-state index is 4.06. The van der Waals surface area contributed by atoms with Crippen LogP contribution in [0, 0.1) is 0 Å². The van der Waals surface area contributed by atoms with Crippen LogP contribution in [-0.4, -0.2) is 11.5 Å². The summed E-state index contributed by atoms with van der Waals surface area (Å²) in [6.07, 6.45) is 7.82. The van der Waals surface area contributed by atoms with E-state index in [1.165, 1.54) is 5.56 Å². The molecule has 2 heteroatoms. The standard InChI is InChI=1S/C15H16N2/c1-2-6-14(7-3-1)12-16-10-4-8-15-9-5-11-17-13-15/h1-9,11,13,16H,10,12H2/b8-4+. The Kier molecular flexibility index (Phi) is 4.49. The molecule has 1 heterocycles. The average molecular weight is 224 g/mol. The van der Waals surface area contributed by atoms with Crippen LogP contribution < -0.4 is 5.32 Å². The quantitative estimate of drug-likeness (QED) is 0.790. The third kappa shape index (κ3) is 4.21. The van der Waals surface area contributed by atoms with Gasteiger partial charge >= 0.3 is 0 Å². The average Bonchev–Trinajstić information content (AvgIpc) is 2.41. The first kappa shape index (κ1) is 11.6. The molecular formula is C15H16N2. The van der Waals surface area contributed by atoms with Crippen molar-refractivity contribution in [1.29, 1.82) is 0 Å². The van der Waals surface area contributed by atoms with Crippen LogP contribution in [0.5, 0.6) is 0 Å². The summed E-state index contributed by atoms with van der Waals surface area (Å²) < 4.78 is 0. The molecular weight excluding hydrogens is 208 g/mol. The van der Waals surface area contributed by atoms with Gasteiger partial charge in [-0.25, -0.2) is 0 Å². The summed E-state index contributed by atoms with van der Waals surface area (Å²) in [7, 11) is 0. The van der Waals surface area contributed by atoms with Crippen molar-refractivity contribution in [3.8, 4) is 0 Å². The van der Waals surface area contributed by atoms with Crippen molar-refractivity contribution in [3.63, 3.8) is 0 Å². The third-order valence-electron chi connectivity index (χ3n) is 2.43. The van der Waals surface area contributed by atoms with E-state index in [1.54, 1.807) is 6.20 Å². The molecule has 0 spiro atoms. The Hall–Kier alpha value is -1.93. The summed E-state index contributed by atoms with van der Waals surface area (Å²) in [6.45, 7) is 1.77. The summed E-state index contributed by atoms with van der Waals surface area (Å²) in [5.41, 5.74) is 2.44. The second kappa shape index (κ2) is 6.61. The summed E-state index contributed by atoms with van der Waals surface area (Å²) in [5, 5.41) is 3.36. The van der Waals surface area contributed by atoms with Crippen LogP contribution in [0.25, 0.3) is 6.08 Å². The predicted molar refractivity (Wildman–Crippen MR) is 71.4 cm³/mol. The first-order valence-corrected chi connectivity index (χ1v) is 5.76. The van der Waals surface area contributed by atoms with E-state index in [-0.39, 0.29) is 0 Å². The Balaban J connectivity index is 1.72. The van der Waals surface area contributed by atoms with E-state index in [2.05, 4.69) is 46.7 Å². The second-order valence-electron chi connectivity index (χ2n) is 3.81. The predicted octanol–water partition coefficient (Wildman–Crippen LogP) is 2.88. The van der Waals surface area contributed by atoms with Gasteiger partial charge in [0.2, 0.25) is 0 Å². The van der Waals surface area contributed by atoms with Crippen molar-refractivity contribution in [2.45, 2.75) is 6.54 Å². The Morgan fingerprint density at radius 2 is 1.94 bits per heavy atom. The van der Waals surface area contributed by atoms with E-state index in [9.17, 15) is 0 Å². The lowest BCUT2D eigenvalue weighted by Gasteiger charge is -2.01. The van der Waals surface area contributed by atoms with Gasteiger partial charge in [-0.05, 0) is 17.2 Å². The highest BCUT2D eigenvalue weighted by atomic mass is 14.8. The lowest BCUT2D eigenvalue weighted by atomic mass is 10.2. The van der Waals surface area contributed by atoms with Gasteiger partial charge in [-0.3, -0.25) is 4.98 Å². The van der Waals surface area contributed by atoms with Gasteiger partial charge in [0.25, 0.3) is 0 Å². The van der Waals surface area contributed by atoms with Gasteiger partial charge in [0.05, 0.1) is 0 Å². The van der Waals surface area contributed by atoms with Crippen molar-refractivity contribution in [2.24, 2.45) is 0 Å². The maximum Gasteiger partial charge on any atom is 0.0340 e. The zero-order valence-corrected chi connectivity index (χ0v) is 9.71. The molecule has 0 atom stereocenters. The minimum atomic E-state index is 0.865. The molecule has 1 N–H and O–H groups in total. The SMILES string of the molecule is C(=C\c1cccnc1)/CNCc1ccccc1. The summed E-state index contributed by atoms with van der Waals surface area (Å²) in [4.78, 5) is 4.06. The minimum Gasteiger partial charge on any atom is -0.309 e. The van der Waals surface area contributed by atoms with E-state index in [0.29, 0.717) is 0 Å². The number of pyridine rings is 1. The number of aromatic nitrogens is 1. The van der Waals surface area contributed by atoms with E-state index < -0.39 is 0 Å². The topological polar surface area (TPSA) is 24.9 Å². The van der Waals surface area contributed by atoms with Gasteiger partial charge in [-0.2, -0.15) is 0 Å². The molecule has 0 amide bonds. The fourth-order valence-electron chi connectivity index (χ4n) is 1.57. The highest BCUT2D eigenvalue weighted by Gasteiger charge is 1.88. The number of hydrogen-bond acceptors (Lipinski definition) is 2. The van der Waals surface area contributed by atoms with Gasteiger partial charge in [0.1, 0.15) is 0 Å². The van der Waals surface area contributed by atoms with Crippen LogP contribution in [0.3, 0.4) is 0 Å². The number of nitrogens with one attached hydrogen (secondary N) is 1. The first-order chi connectivity index (χ1) is 8.45. The fourth-order valence-corrected chi connectivity index (χ4v) is 1.57. The normalized spacial score (nSPS) is 10.8. The van der Waals surface area contributed by atoms with E-state index >= 15 is 0 Å². The van der Waals surface area contributed by atoms with Gasteiger partial charge in [-0.1, -0.05) is 48.6 Å². The van der Waals surface area contributed by atoms with Gasteiger partial charge in [0, 0.05) is 25.5 Å². The Morgan fingerprint density at radius 1 is 1.06 bits per heavy atom. The molecule has 0 bridgehead atoms. The summed E-state index contributed by atoms with van der Waals surface area (Å²) in [6, 6.07) is 14.4. The largest absolute Gasteiger partial charge is 0.309 e. The number of hydrogen-bond donors (Lipinski definition) is 1. The van der Waals surface area contributed by atoms with E-state index in [4.69, 9.17) is 0 Å². The molecule has 0 aliphatic carbocycles. The Bertz CT molecular complexity index is 449. The summed E-state index contributed by atoms with van der Waals surface area (Å²) in [5.74, 6) is 0. The Morgan fingerprint density at radius 3 is 2.71 bits per heavy atom. The summed E-state index contributed by atoms with van der Waals surface area (Å²) >= 11 is 0. The van der Waals surface area contributed by atoms with E-state index in [0.717, 1.165) is 18.7 Å². The lowest BCUT2D eigenvalue weighted by molar-refractivity contribution is 0.761. The molecule has 1 aromatic heterocycles. The van der Waals surface area contributed by atoms with Crippen LogP contribution in [0.4, 0.5) is 0 Å². The van der Waals surface area contributed by atoms with Crippen LogP contribution >= 0.6 is 0 Å². The smallest absolute Gasteiger partial charge is 0.0340 e. The lowest BCUT2D eigenvalue weighted by Crippen LogP contribution is -2.12. The third-order valence-corrected chi connectivity index (χ3v) is 2.43. The monoisotopic (exact) mass is 224 g/mol. The molecule has 1 aromatic carbocycles. The van der Waals surface area contributed by atoms with Gasteiger partial charge < -0.3 is 5.32 Å². The molecule has 2 nitrogen and oxygen atoms in total. The molecule has 2 rings (SSSR count). The van der Waals surface area contributed by atoms with Crippen molar-refractivity contribution in [3.05, 3.63) is 72.1 Å². The molecule has 0 radical (unpaired) electrons. The second-order valence-corrected chi connectivity index (χ2v) is 3.81. The molecule has 0 fully saturated rings. The molecule has 0 saturated carbocycles. The minimum absolute atomic E-state index is 0.865. The Labute approximate surface area is 102 Å². The number of nitrogens with zero attached hydrogens (tertiary/aromatic N) is 1. The van der Waals surface area contributed by atoms with Crippen LogP contribution in [-0.2, 0) is 6.54 Å². The molecule has 86 valence electrons. The molecule has 0 saturated heterocycles. The van der Waals surface area contributed by atoms with Crippen molar-refractivity contribution in [1.82, 2.24) is 10.3 Å². The van der Waals surface area contributed by atoms with Crippen molar-refractivity contribution < 1.29 is 0 Å². The highest BCUT2D eigenvalue weighted by molar-refractivity contribution is 5.47. The molecule has 0 unspecified atom stereocenters. The highest BCUT2D eigenvalue weighted by Crippen LogP contribution is 1.99. The van der Waals surface area contributed by atoms with Crippen LogP contribution in [0.1, 0.15) is 11.1 Å². The van der Waals surface area contributed by atoms with Crippen molar-refractivity contribution >= 4 is 6.08 Å². The fraction of sp³-hybridized carbons (Fsp3) is 0.133. The number of benzene rings is 1. The zero-order chi connectivity index (χ0) is 11.8. The molecule has 0 aliphatic rings. The van der Waals surface area contributed by atoms with Gasteiger partial charge in [0.15, 0.2) is 0 Å². The first-order valence-electron chi connectivity index (χ1n) is 5.76. The van der Waals surface area contributed by atoms with Crippen LogP contribution in [0.15, 0.2) is 60.9 Å². The van der Waals surface area contributed by atoms with Crippen molar-refractivity contribution in [2.75, 3.05) is 6.54 Å². The molecule has 0 aliphatic heterocycles.